The van der Waals surface area contributed by atoms with E-state index in [4.69, 9.17) is 4.74 Å². The average Bonchev–Trinajstić information content (AvgIpc) is 2.66. The predicted molar refractivity (Wildman–Crippen MR) is 98.1 cm³/mol. The molecule has 1 unspecified atom stereocenters. The van der Waals surface area contributed by atoms with Crippen LogP contribution in [0.5, 0.6) is 0 Å². The first kappa shape index (κ1) is 16.5. The van der Waals surface area contributed by atoms with Crippen molar-refractivity contribution in [3.8, 4) is 0 Å². The van der Waals surface area contributed by atoms with Crippen LogP contribution in [0.15, 0.2) is 36.5 Å². The Kier molecular flexibility index (Phi) is 4.46. The quantitative estimate of drug-likeness (QED) is 0.792. The molecule has 2 bridgehead atoms. The van der Waals surface area contributed by atoms with E-state index in [2.05, 4.69) is 22.9 Å². The molecule has 5 rings (SSSR count). The zero-order valence-electron chi connectivity index (χ0n) is 15.0. The minimum absolute atomic E-state index is 0.208. The highest BCUT2D eigenvalue weighted by molar-refractivity contribution is 5.82. The number of aromatic nitrogens is 1. The number of fused-ring (bicyclic) bond motifs is 4. The Hall–Kier alpha value is -1.94. The van der Waals surface area contributed by atoms with Gasteiger partial charge in [-0.2, -0.15) is 0 Å². The van der Waals surface area contributed by atoms with E-state index in [9.17, 15) is 4.79 Å². The number of carbonyl (C=O) groups is 1. The third-order valence-corrected chi connectivity index (χ3v) is 6.09. The van der Waals surface area contributed by atoms with Crippen molar-refractivity contribution in [2.45, 2.75) is 45.3 Å². The Morgan fingerprint density at radius 3 is 2.92 bits per heavy atom. The maximum Gasteiger partial charge on any atom is 0.303 e. The van der Waals surface area contributed by atoms with E-state index in [1.165, 1.54) is 19.8 Å². The van der Waals surface area contributed by atoms with E-state index in [0.717, 1.165) is 47.8 Å². The molecule has 3 aliphatic rings. The fourth-order valence-electron chi connectivity index (χ4n) is 4.85. The lowest BCUT2D eigenvalue weighted by Gasteiger charge is -2.51. The number of nitrogens with zero attached hydrogens (tertiary/aromatic N) is 2. The molecule has 4 nitrogen and oxygen atoms in total. The van der Waals surface area contributed by atoms with E-state index in [1.807, 2.05) is 30.5 Å². The van der Waals surface area contributed by atoms with E-state index in [0.29, 0.717) is 0 Å². The smallest absolute Gasteiger partial charge is 0.303 e. The highest BCUT2D eigenvalue weighted by atomic mass is 16.5. The van der Waals surface area contributed by atoms with Crippen molar-refractivity contribution in [1.29, 1.82) is 0 Å². The molecular weight excluding hydrogens is 312 g/mol. The lowest BCUT2D eigenvalue weighted by Crippen LogP contribution is -2.55. The van der Waals surface area contributed by atoms with E-state index < -0.39 is 0 Å². The van der Waals surface area contributed by atoms with Gasteiger partial charge in [-0.15, -0.1) is 0 Å². The fraction of sp³-hybridized carbons (Fsp3) is 0.524. The average molecular weight is 338 g/mol. The largest absolute Gasteiger partial charge is 0.456 e. The van der Waals surface area contributed by atoms with Gasteiger partial charge in [-0.05, 0) is 43.4 Å². The number of piperidine rings is 3. The first-order valence-corrected chi connectivity index (χ1v) is 9.42. The summed E-state index contributed by atoms with van der Waals surface area (Å²) in [5, 5.41) is 1.09. The number of para-hydroxylation sites is 1. The SMILES string of the molecule is CC[C@H]1CN2CC[C@H]1C[C@@H]2[C@@H](OC(C)=O)c1ccnc2ccccc12. The van der Waals surface area contributed by atoms with Crippen molar-refractivity contribution in [2.75, 3.05) is 13.1 Å². The molecule has 0 spiro atoms. The standard InChI is InChI=1S/C21H26N2O2/c1-3-15-13-23-11-9-16(15)12-20(23)21(25-14(2)24)18-8-10-22-19-7-5-4-6-17(18)19/h4-8,10,15-16,20-21H,3,9,11-13H2,1-2H3/t15-,16-,20+,21-/m0/s1. The van der Waals surface area contributed by atoms with Crippen LogP contribution >= 0.6 is 0 Å². The number of carbonyl (C=O) groups excluding carboxylic acids is 1. The van der Waals surface area contributed by atoms with Crippen molar-refractivity contribution in [3.05, 3.63) is 42.1 Å². The van der Waals surface area contributed by atoms with Crippen molar-refractivity contribution >= 4 is 16.9 Å². The van der Waals surface area contributed by atoms with Crippen LogP contribution in [0.1, 0.15) is 44.8 Å². The van der Waals surface area contributed by atoms with Crippen molar-refractivity contribution in [2.24, 2.45) is 11.8 Å². The number of hydrogen-bond acceptors (Lipinski definition) is 4. The van der Waals surface area contributed by atoms with Crippen LogP contribution in [-0.4, -0.2) is 35.0 Å². The van der Waals surface area contributed by atoms with Crippen LogP contribution in [0.2, 0.25) is 0 Å². The molecule has 0 aliphatic carbocycles. The Balaban J connectivity index is 1.73. The monoisotopic (exact) mass is 338 g/mol. The molecule has 3 fully saturated rings. The number of pyridine rings is 1. The first-order valence-electron chi connectivity index (χ1n) is 9.42. The molecular formula is C21H26N2O2. The minimum atomic E-state index is -0.217. The molecule has 0 radical (unpaired) electrons. The summed E-state index contributed by atoms with van der Waals surface area (Å²) in [6.07, 6.45) is 5.25. The van der Waals surface area contributed by atoms with Crippen LogP contribution in [0.25, 0.3) is 10.9 Å². The summed E-state index contributed by atoms with van der Waals surface area (Å²) in [5.74, 6) is 1.34. The molecule has 1 aromatic carbocycles. The van der Waals surface area contributed by atoms with Gasteiger partial charge in [0.25, 0.3) is 0 Å². The van der Waals surface area contributed by atoms with Gasteiger partial charge in [0, 0.05) is 30.6 Å². The summed E-state index contributed by atoms with van der Waals surface area (Å²) in [5.41, 5.74) is 2.05. The zero-order valence-corrected chi connectivity index (χ0v) is 15.0. The molecule has 4 heteroatoms. The molecule has 4 heterocycles. The van der Waals surface area contributed by atoms with Gasteiger partial charge in [0.2, 0.25) is 0 Å². The maximum atomic E-state index is 11.9. The molecule has 132 valence electrons. The Morgan fingerprint density at radius 1 is 1.36 bits per heavy atom. The van der Waals surface area contributed by atoms with E-state index in [-0.39, 0.29) is 18.1 Å². The highest BCUT2D eigenvalue weighted by Crippen LogP contribution is 2.43. The molecule has 0 amide bonds. The van der Waals surface area contributed by atoms with Gasteiger partial charge in [0.15, 0.2) is 0 Å². The second-order valence-corrected chi connectivity index (χ2v) is 7.46. The van der Waals surface area contributed by atoms with Crippen molar-refractivity contribution in [1.82, 2.24) is 9.88 Å². The second-order valence-electron chi connectivity index (χ2n) is 7.46. The summed E-state index contributed by atoms with van der Waals surface area (Å²) in [6, 6.07) is 10.4. The summed E-state index contributed by atoms with van der Waals surface area (Å²) in [4.78, 5) is 18.9. The summed E-state index contributed by atoms with van der Waals surface area (Å²) in [7, 11) is 0. The third kappa shape index (κ3) is 3.04. The van der Waals surface area contributed by atoms with Crippen molar-refractivity contribution in [3.63, 3.8) is 0 Å². The van der Waals surface area contributed by atoms with Gasteiger partial charge in [0.1, 0.15) is 6.10 Å². The summed E-state index contributed by atoms with van der Waals surface area (Å²) >= 11 is 0. The van der Waals surface area contributed by atoms with Gasteiger partial charge in [-0.25, -0.2) is 0 Å². The van der Waals surface area contributed by atoms with Crippen LogP contribution in [0, 0.1) is 11.8 Å². The Bertz CT molecular complexity index is 770. The molecule has 5 atom stereocenters. The Morgan fingerprint density at radius 2 is 2.20 bits per heavy atom. The van der Waals surface area contributed by atoms with Crippen LogP contribution in [0.3, 0.4) is 0 Å². The fourth-order valence-corrected chi connectivity index (χ4v) is 4.85. The topological polar surface area (TPSA) is 42.4 Å². The van der Waals surface area contributed by atoms with Gasteiger partial charge in [0.05, 0.1) is 11.6 Å². The number of hydrogen-bond donors (Lipinski definition) is 0. The summed E-state index contributed by atoms with van der Waals surface area (Å²) in [6.45, 7) is 6.06. The molecule has 3 aliphatic heterocycles. The predicted octanol–water partition coefficient (Wildman–Crippen LogP) is 3.96. The lowest BCUT2D eigenvalue weighted by molar-refractivity contribution is -0.155. The first-order chi connectivity index (χ1) is 12.2. The molecule has 25 heavy (non-hydrogen) atoms. The van der Waals surface area contributed by atoms with Gasteiger partial charge < -0.3 is 4.74 Å². The number of ether oxygens (including phenoxy) is 1. The van der Waals surface area contributed by atoms with Gasteiger partial charge in [-0.3, -0.25) is 14.7 Å². The zero-order chi connectivity index (χ0) is 17.4. The number of esters is 1. The van der Waals surface area contributed by atoms with Crippen LogP contribution in [0.4, 0.5) is 0 Å². The number of rotatable bonds is 4. The second kappa shape index (κ2) is 6.75. The van der Waals surface area contributed by atoms with Crippen LogP contribution in [-0.2, 0) is 9.53 Å². The minimum Gasteiger partial charge on any atom is -0.456 e. The normalized spacial score (nSPS) is 29.5. The maximum absolute atomic E-state index is 11.9. The third-order valence-electron chi connectivity index (χ3n) is 6.09. The number of benzene rings is 1. The lowest BCUT2D eigenvalue weighted by atomic mass is 9.72. The highest BCUT2D eigenvalue weighted by Gasteiger charge is 2.44. The van der Waals surface area contributed by atoms with Gasteiger partial charge >= 0.3 is 5.97 Å². The molecule has 0 saturated carbocycles. The molecule has 2 aromatic rings. The molecule has 0 N–H and O–H groups in total. The molecule has 3 saturated heterocycles. The van der Waals surface area contributed by atoms with Crippen molar-refractivity contribution < 1.29 is 9.53 Å². The Labute approximate surface area is 149 Å². The van der Waals surface area contributed by atoms with Gasteiger partial charge in [-0.1, -0.05) is 31.5 Å². The summed E-state index contributed by atoms with van der Waals surface area (Å²) < 4.78 is 5.90. The van der Waals surface area contributed by atoms with Crippen LogP contribution < -0.4 is 0 Å². The molecule has 1 aromatic heterocycles. The van der Waals surface area contributed by atoms with E-state index >= 15 is 0 Å². The van der Waals surface area contributed by atoms with E-state index in [1.54, 1.807) is 0 Å².